The molecule has 0 aromatic carbocycles. The highest BCUT2D eigenvalue weighted by Crippen LogP contribution is 2.26. The van der Waals surface area contributed by atoms with Crippen LogP contribution in [0.1, 0.15) is 162 Å². The molecule has 2 aliphatic heterocycles. The van der Waals surface area contributed by atoms with E-state index in [4.69, 9.17) is 28.4 Å². The molecule has 0 aromatic rings. The molecule has 7 N–H and O–H groups in total. The average molecular weight is 835 g/mol. The maximum absolute atomic E-state index is 12.9. The molecule has 14 nitrogen and oxygen atoms in total. The maximum Gasteiger partial charge on any atom is 0.306 e. The molecule has 2 fully saturated rings. The van der Waals surface area contributed by atoms with E-state index < -0.39 is 80.7 Å². The van der Waals surface area contributed by atoms with Gasteiger partial charge < -0.3 is 64.2 Å². The summed E-state index contributed by atoms with van der Waals surface area (Å²) in [4.78, 5) is 12.9. The van der Waals surface area contributed by atoms with Crippen LogP contribution in [-0.2, 0) is 33.2 Å². The zero-order valence-electron chi connectivity index (χ0n) is 35.8. The summed E-state index contributed by atoms with van der Waals surface area (Å²) in [7, 11) is 0. The largest absolute Gasteiger partial charge is 0.457 e. The van der Waals surface area contributed by atoms with Gasteiger partial charge in [-0.3, -0.25) is 4.79 Å². The number of hydrogen-bond acceptors (Lipinski definition) is 14. The molecule has 0 saturated carbocycles. The Bertz CT molecular complexity index is 1020. The van der Waals surface area contributed by atoms with Crippen LogP contribution < -0.4 is 0 Å². The quantitative estimate of drug-likeness (QED) is 0.0251. The summed E-state index contributed by atoms with van der Waals surface area (Å²) in [6.45, 7) is 3.64. The van der Waals surface area contributed by atoms with E-state index in [1.165, 1.54) is 89.9 Å². The highest BCUT2D eigenvalue weighted by molar-refractivity contribution is 5.69. The number of allylic oxidation sites excluding steroid dienone is 2. The summed E-state index contributed by atoms with van der Waals surface area (Å²) in [5, 5.41) is 71.8. The van der Waals surface area contributed by atoms with Crippen molar-refractivity contribution in [3.63, 3.8) is 0 Å². The van der Waals surface area contributed by atoms with E-state index in [9.17, 15) is 40.5 Å². The SMILES string of the molecule is CCCCCCC/C=C\CCCCCCCCOCC(COC1OC(COC2OC(CO)C(O)C(O)C2O)C(O)C(O)C1O)OC(=O)CCCCCCCCCCC. The molecule has 11 atom stereocenters. The van der Waals surface area contributed by atoms with Crippen molar-refractivity contribution in [1.82, 2.24) is 0 Å². The summed E-state index contributed by atoms with van der Waals surface area (Å²) in [6.07, 6.45) is 14.3. The Morgan fingerprint density at radius 3 is 1.57 bits per heavy atom. The Hall–Kier alpha value is -1.27. The van der Waals surface area contributed by atoms with Crippen molar-refractivity contribution in [3.05, 3.63) is 12.2 Å². The summed E-state index contributed by atoms with van der Waals surface area (Å²) in [5.41, 5.74) is 0. The molecule has 14 heteroatoms. The van der Waals surface area contributed by atoms with Gasteiger partial charge in [-0.15, -0.1) is 0 Å². The molecule has 2 saturated heterocycles. The van der Waals surface area contributed by atoms with Crippen molar-refractivity contribution >= 4 is 5.97 Å². The van der Waals surface area contributed by atoms with Gasteiger partial charge in [-0.1, -0.05) is 129 Å². The Morgan fingerprint density at radius 1 is 0.552 bits per heavy atom. The molecule has 2 heterocycles. The fourth-order valence-corrected chi connectivity index (χ4v) is 7.22. The van der Waals surface area contributed by atoms with Gasteiger partial charge in [0.05, 0.1) is 26.4 Å². The average Bonchev–Trinajstić information content (AvgIpc) is 3.22. The van der Waals surface area contributed by atoms with Crippen LogP contribution in [0.3, 0.4) is 0 Å². The molecule has 0 bridgehead atoms. The number of esters is 1. The van der Waals surface area contributed by atoms with Crippen molar-refractivity contribution in [3.8, 4) is 0 Å². The molecule has 2 rings (SSSR count). The zero-order valence-corrected chi connectivity index (χ0v) is 35.8. The minimum atomic E-state index is -1.70. The number of hydrogen-bond donors (Lipinski definition) is 7. The van der Waals surface area contributed by atoms with E-state index in [0.717, 1.165) is 44.9 Å². The third kappa shape index (κ3) is 22.0. The molecule has 11 unspecified atom stereocenters. The lowest BCUT2D eigenvalue weighted by Gasteiger charge is -2.42. The van der Waals surface area contributed by atoms with Gasteiger partial charge in [0.15, 0.2) is 12.6 Å². The van der Waals surface area contributed by atoms with E-state index >= 15 is 0 Å². The number of aliphatic hydroxyl groups is 7. The molecule has 0 aliphatic carbocycles. The summed E-state index contributed by atoms with van der Waals surface area (Å²) < 4.78 is 34.1. The van der Waals surface area contributed by atoms with Crippen LogP contribution in [0.2, 0.25) is 0 Å². The van der Waals surface area contributed by atoms with Gasteiger partial charge in [-0.25, -0.2) is 0 Å². The van der Waals surface area contributed by atoms with Gasteiger partial charge in [0, 0.05) is 13.0 Å². The molecule has 58 heavy (non-hydrogen) atoms. The summed E-state index contributed by atoms with van der Waals surface area (Å²) in [5.74, 6) is -0.381. The standard InChI is InChI=1S/C44H82O14/c1-3-5-7-9-11-13-14-15-16-17-18-20-22-24-26-28-53-30-33(56-36(46)27-25-23-21-19-12-10-8-6-4-2)31-54-43-42(52)40(50)38(48)35(58-43)32-55-44-41(51)39(49)37(47)34(29-45)57-44/h14-15,33-35,37-45,47-52H,3-13,16-32H2,1-2H3/b15-14-. The topological polar surface area (TPSA) is 214 Å². The van der Waals surface area contributed by atoms with Crippen LogP contribution in [-0.4, -0.2) is 142 Å². The monoisotopic (exact) mass is 835 g/mol. The minimum absolute atomic E-state index is 0.0616. The zero-order chi connectivity index (χ0) is 42.4. The fourth-order valence-electron chi connectivity index (χ4n) is 7.22. The van der Waals surface area contributed by atoms with E-state index in [-0.39, 0.29) is 25.6 Å². The van der Waals surface area contributed by atoms with Gasteiger partial charge in [-0.2, -0.15) is 0 Å². The first-order valence-corrected chi connectivity index (χ1v) is 22.8. The van der Waals surface area contributed by atoms with E-state index in [0.29, 0.717) is 13.0 Å². The first-order chi connectivity index (χ1) is 28.1. The van der Waals surface area contributed by atoms with Gasteiger partial charge >= 0.3 is 5.97 Å². The number of carbonyl (C=O) groups excluding carboxylic acids is 1. The van der Waals surface area contributed by atoms with Crippen LogP contribution in [0.4, 0.5) is 0 Å². The van der Waals surface area contributed by atoms with Crippen LogP contribution in [0.15, 0.2) is 12.2 Å². The van der Waals surface area contributed by atoms with Crippen LogP contribution in [0.25, 0.3) is 0 Å². The van der Waals surface area contributed by atoms with Crippen molar-refractivity contribution in [2.45, 2.75) is 229 Å². The van der Waals surface area contributed by atoms with E-state index in [1.54, 1.807) is 0 Å². The molecule has 0 spiro atoms. The second kappa shape index (κ2) is 33.4. The smallest absolute Gasteiger partial charge is 0.306 e. The lowest BCUT2D eigenvalue weighted by atomic mass is 9.98. The first kappa shape index (κ1) is 52.9. The molecule has 2 aliphatic rings. The minimum Gasteiger partial charge on any atom is -0.457 e. The van der Waals surface area contributed by atoms with Crippen molar-refractivity contribution in [2.75, 3.05) is 33.0 Å². The van der Waals surface area contributed by atoms with Gasteiger partial charge in [-0.05, 0) is 38.5 Å². The third-order valence-electron chi connectivity index (χ3n) is 11.0. The van der Waals surface area contributed by atoms with Gasteiger partial charge in [0.1, 0.15) is 54.9 Å². The molecule has 0 aromatic heterocycles. The highest BCUT2D eigenvalue weighted by Gasteiger charge is 2.47. The molecule has 342 valence electrons. The van der Waals surface area contributed by atoms with Crippen LogP contribution in [0, 0.1) is 0 Å². The predicted octanol–water partition coefficient (Wildman–Crippen LogP) is 5.12. The molecule has 0 amide bonds. The Balaban J connectivity index is 1.80. The maximum atomic E-state index is 12.9. The number of unbranched alkanes of at least 4 members (excludes halogenated alkanes) is 19. The van der Waals surface area contributed by atoms with E-state index in [2.05, 4.69) is 26.0 Å². The summed E-state index contributed by atoms with van der Waals surface area (Å²) in [6, 6.07) is 0. The fraction of sp³-hybridized carbons (Fsp3) is 0.932. The van der Waals surface area contributed by atoms with Crippen molar-refractivity contribution in [2.24, 2.45) is 0 Å². The van der Waals surface area contributed by atoms with Crippen LogP contribution >= 0.6 is 0 Å². The molecular formula is C44H82O14. The van der Waals surface area contributed by atoms with Gasteiger partial charge in [0.2, 0.25) is 0 Å². The number of aliphatic hydroxyl groups excluding tert-OH is 7. The van der Waals surface area contributed by atoms with Crippen LogP contribution in [0.5, 0.6) is 0 Å². The normalized spacial score (nSPS) is 28.3. The third-order valence-corrected chi connectivity index (χ3v) is 11.0. The number of rotatable bonds is 35. The Labute approximate surface area is 348 Å². The predicted molar refractivity (Wildman–Crippen MR) is 220 cm³/mol. The molecule has 0 radical (unpaired) electrons. The molecular weight excluding hydrogens is 752 g/mol. The number of carbonyl (C=O) groups is 1. The Kier molecular flexibility index (Phi) is 30.4. The van der Waals surface area contributed by atoms with Crippen molar-refractivity contribution < 1.29 is 69.0 Å². The second-order valence-corrected chi connectivity index (χ2v) is 16.2. The Morgan fingerprint density at radius 2 is 1.02 bits per heavy atom. The van der Waals surface area contributed by atoms with Crippen molar-refractivity contribution in [1.29, 1.82) is 0 Å². The highest BCUT2D eigenvalue weighted by atomic mass is 16.7. The first-order valence-electron chi connectivity index (χ1n) is 22.8. The lowest BCUT2D eigenvalue weighted by molar-refractivity contribution is -0.332. The van der Waals surface area contributed by atoms with Gasteiger partial charge in [0.25, 0.3) is 0 Å². The van der Waals surface area contributed by atoms with E-state index in [1.807, 2.05) is 0 Å². The number of ether oxygens (including phenoxy) is 6. The second-order valence-electron chi connectivity index (χ2n) is 16.2. The lowest BCUT2D eigenvalue weighted by Crippen LogP contribution is -2.61. The summed E-state index contributed by atoms with van der Waals surface area (Å²) >= 11 is 0.